The first-order valence-electron chi connectivity index (χ1n) is 5.66. The molecule has 3 nitrogen and oxygen atoms in total. The van der Waals surface area contributed by atoms with Gasteiger partial charge in [-0.3, -0.25) is 0 Å². The fourth-order valence-corrected chi connectivity index (χ4v) is 2.40. The van der Waals surface area contributed by atoms with Crippen LogP contribution in [0.15, 0.2) is 0 Å². The fourth-order valence-electron chi connectivity index (χ4n) is 2.40. The van der Waals surface area contributed by atoms with Crippen LogP contribution in [0.5, 0.6) is 0 Å². The number of rotatable bonds is 3. The summed E-state index contributed by atoms with van der Waals surface area (Å²) in [6, 6.07) is 0. The van der Waals surface area contributed by atoms with E-state index in [2.05, 4.69) is 0 Å². The van der Waals surface area contributed by atoms with Crippen LogP contribution in [0, 0.1) is 5.92 Å². The molecule has 82 valence electrons. The van der Waals surface area contributed by atoms with Crippen LogP contribution in [-0.4, -0.2) is 32.7 Å². The van der Waals surface area contributed by atoms with Gasteiger partial charge in [-0.05, 0) is 19.3 Å². The Balaban J connectivity index is 1.80. The highest BCUT2D eigenvalue weighted by Crippen LogP contribution is 2.32. The first-order chi connectivity index (χ1) is 6.90. The summed E-state index contributed by atoms with van der Waals surface area (Å²) < 4.78 is 16.6. The minimum absolute atomic E-state index is 0.0476. The largest absolute Gasteiger partial charge is 0.382 e. The summed E-state index contributed by atoms with van der Waals surface area (Å²) in [6.45, 7) is 1.53. The smallest absolute Gasteiger partial charge is 0.160 e. The molecule has 2 atom stereocenters. The van der Waals surface area contributed by atoms with Gasteiger partial charge in [0.05, 0.1) is 19.3 Å². The molecule has 2 aliphatic rings. The quantitative estimate of drug-likeness (QED) is 0.697. The van der Waals surface area contributed by atoms with Crippen LogP contribution in [0.4, 0.5) is 0 Å². The third-order valence-electron chi connectivity index (χ3n) is 3.19. The zero-order valence-corrected chi connectivity index (χ0v) is 8.91. The predicted octanol–water partition coefficient (Wildman–Crippen LogP) is 1.95. The highest BCUT2D eigenvalue weighted by Gasteiger charge is 2.31. The third kappa shape index (κ3) is 2.47. The van der Waals surface area contributed by atoms with Crippen molar-refractivity contribution >= 4 is 0 Å². The Morgan fingerprint density at radius 2 is 2.00 bits per heavy atom. The number of hydrogen-bond acceptors (Lipinski definition) is 3. The molecule has 0 radical (unpaired) electrons. The Hall–Kier alpha value is -0.120. The average molecular weight is 200 g/mol. The molecule has 0 aromatic heterocycles. The molecule has 14 heavy (non-hydrogen) atoms. The van der Waals surface area contributed by atoms with Crippen LogP contribution in [0.25, 0.3) is 0 Å². The van der Waals surface area contributed by atoms with E-state index in [0.29, 0.717) is 12.5 Å². The zero-order chi connectivity index (χ0) is 9.80. The Bertz CT molecular complexity index is 164. The zero-order valence-electron chi connectivity index (χ0n) is 8.91. The standard InChI is InChI=1S/C11H20O3/c1-12-8-10-6-7-13-11(14-10)9-4-2-3-5-9/h9-11H,2-8H2,1H3/t10-,11-/m0/s1. The lowest BCUT2D eigenvalue weighted by Crippen LogP contribution is -2.38. The summed E-state index contributed by atoms with van der Waals surface area (Å²) in [4.78, 5) is 0. The van der Waals surface area contributed by atoms with Crippen molar-refractivity contribution in [2.24, 2.45) is 5.92 Å². The molecule has 0 aromatic carbocycles. The highest BCUT2D eigenvalue weighted by molar-refractivity contribution is 4.74. The van der Waals surface area contributed by atoms with Crippen molar-refractivity contribution in [2.75, 3.05) is 20.3 Å². The molecule has 1 heterocycles. The van der Waals surface area contributed by atoms with Gasteiger partial charge < -0.3 is 14.2 Å². The van der Waals surface area contributed by atoms with Crippen molar-refractivity contribution in [3.05, 3.63) is 0 Å². The van der Waals surface area contributed by atoms with E-state index in [1.54, 1.807) is 7.11 Å². The van der Waals surface area contributed by atoms with Gasteiger partial charge in [0.2, 0.25) is 0 Å². The molecule has 0 bridgehead atoms. The van der Waals surface area contributed by atoms with Crippen LogP contribution in [0.2, 0.25) is 0 Å². The Kier molecular flexibility index (Phi) is 3.79. The Morgan fingerprint density at radius 1 is 1.21 bits per heavy atom. The lowest BCUT2D eigenvalue weighted by Gasteiger charge is -2.33. The van der Waals surface area contributed by atoms with E-state index in [4.69, 9.17) is 14.2 Å². The maximum atomic E-state index is 5.86. The first kappa shape index (κ1) is 10.4. The van der Waals surface area contributed by atoms with E-state index >= 15 is 0 Å². The van der Waals surface area contributed by atoms with Crippen molar-refractivity contribution in [3.8, 4) is 0 Å². The van der Waals surface area contributed by atoms with Gasteiger partial charge in [0.15, 0.2) is 6.29 Å². The maximum absolute atomic E-state index is 5.86. The monoisotopic (exact) mass is 200 g/mol. The molecule has 0 aromatic rings. The molecular weight excluding hydrogens is 180 g/mol. The average Bonchev–Trinajstić information content (AvgIpc) is 2.71. The molecule has 1 aliphatic carbocycles. The van der Waals surface area contributed by atoms with Crippen molar-refractivity contribution in [1.29, 1.82) is 0 Å². The van der Waals surface area contributed by atoms with Crippen LogP contribution < -0.4 is 0 Å². The van der Waals surface area contributed by atoms with E-state index in [0.717, 1.165) is 13.0 Å². The molecule has 1 saturated carbocycles. The molecule has 0 spiro atoms. The third-order valence-corrected chi connectivity index (χ3v) is 3.19. The van der Waals surface area contributed by atoms with Gasteiger partial charge in [0.25, 0.3) is 0 Å². The van der Waals surface area contributed by atoms with Gasteiger partial charge in [-0.2, -0.15) is 0 Å². The molecule has 0 unspecified atom stereocenters. The second kappa shape index (κ2) is 5.10. The number of hydrogen-bond donors (Lipinski definition) is 0. The summed E-state index contributed by atoms with van der Waals surface area (Å²) >= 11 is 0. The molecule has 3 heteroatoms. The van der Waals surface area contributed by atoms with E-state index in [1.165, 1.54) is 25.7 Å². The normalized spacial score (nSPS) is 34.9. The van der Waals surface area contributed by atoms with Gasteiger partial charge in [0.1, 0.15) is 0 Å². The van der Waals surface area contributed by atoms with E-state index in [-0.39, 0.29) is 12.4 Å². The minimum Gasteiger partial charge on any atom is -0.382 e. The summed E-state index contributed by atoms with van der Waals surface area (Å²) in [7, 11) is 1.73. The lowest BCUT2D eigenvalue weighted by atomic mass is 10.1. The maximum Gasteiger partial charge on any atom is 0.160 e. The summed E-state index contributed by atoms with van der Waals surface area (Å²) in [5.74, 6) is 0.634. The molecular formula is C11H20O3. The van der Waals surface area contributed by atoms with Gasteiger partial charge in [-0.25, -0.2) is 0 Å². The fraction of sp³-hybridized carbons (Fsp3) is 1.00. The summed E-state index contributed by atoms with van der Waals surface area (Å²) in [5, 5.41) is 0. The van der Waals surface area contributed by atoms with E-state index in [9.17, 15) is 0 Å². The highest BCUT2D eigenvalue weighted by atomic mass is 16.7. The second-order valence-corrected chi connectivity index (χ2v) is 4.29. The minimum atomic E-state index is 0.0476. The predicted molar refractivity (Wildman–Crippen MR) is 53.1 cm³/mol. The number of methoxy groups -OCH3 is 1. The second-order valence-electron chi connectivity index (χ2n) is 4.29. The van der Waals surface area contributed by atoms with Crippen LogP contribution in [0.3, 0.4) is 0 Å². The summed E-state index contributed by atoms with van der Waals surface area (Å²) in [6.07, 6.45) is 6.48. The first-order valence-corrected chi connectivity index (χ1v) is 5.66. The number of ether oxygens (including phenoxy) is 3. The lowest BCUT2D eigenvalue weighted by molar-refractivity contribution is -0.241. The molecule has 0 N–H and O–H groups in total. The molecule has 2 rings (SSSR count). The molecule has 1 aliphatic heterocycles. The van der Waals surface area contributed by atoms with E-state index in [1.807, 2.05) is 0 Å². The molecule has 0 amide bonds. The Morgan fingerprint density at radius 3 is 2.71 bits per heavy atom. The van der Waals surface area contributed by atoms with E-state index < -0.39 is 0 Å². The van der Waals surface area contributed by atoms with Gasteiger partial charge >= 0.3 is 0 Å². The Labute approximate surface area is 85.7 Å². The molecule has 1 saturated heterocycles. The van der Waals surface area contributed by atoms with Gasteiger partial charge in [0, 0.05) is 13.0 Å². The topological polar surface area (TPSA) is 27.7 Å². The SMILES string of the molecule is COC[C@@H]1CCO[C@H](C2CCCC2)O1. The van der Waals surface area contributed by atoms with Crippen LogP contribution in [-0.2, 0) is 14.2 Å². The van der Waals surface area contributed by atoms with Crippen LogP contribution in [0.1, 0.15) is 32.1 Å². The van der Waals surface area contributed by atoms with Crippen molar-refractivity contribution in [2.45, 2.75) is 44.5 Å². The van der Waals surface area contributed by atoms with Gasteiger partial charge in [-0.1, -0.05) is 12.8 Å². The van der Waals surface area contributed by atoms with Crippen molar-refractivity contribution in [1.82, 2.24) is 0 Å². The van der Waals surface area contributed by atoms with Gasteiger partial charge in [-0.15, -0.1) is 0 Å². The van der Waals surface area contributed by atoms with Crippen molar-refractivity contribution < 1.29 is 14.2 Å². The summed E-state index contributed by atoms with van der Waals surface area (Å²) in [5.41, 5.74) is 0. The van der Waals surface area contributed by atoms with Crippen molar-refractivity contribution in [3.63, 3.8) is 0 Å². The molecule has 2 fully saturated rings. The van der Waals surface area contributed by atoms with Crippen LogP contribution >= 0.6 is 0 Å².